The van der Waals surface area contributed by atoms with E-state index in [1.165, 1.54) is 0 Å². The summed E-state index contributed by atoms with van der Waals surface area (Å²) < 4.78 is 31.9. The minimum Gasteiger partial charge on any atom is -0.657 e. The van der Waals surface area contributed by atoms with Gasteiger partial charge in [0.05, 0.1) is 28.3 Å². The Morgan fingerprint density at radius 3 is 1.28 bits per heavy atom. The number of esters is 4. The molecular formula is C68H80FeN12O8+6. The van der Waals surface area contributed by atoms with Crippen LogP contribution in [0.5, 0.6) is 0 Å². The maximum atomic E-state index is 14.6. The molecule has 0 aliphatic carbocycles. The summed E-state index contributed by atoms with van der Waals surface area (Å²) in [5.41, 5.74) is 34.2. The van der Waals surface area contributed by atoms with Crippen LogP contribution in [0.1, 0.15) is 131 Å². The van der Waals surface area contributed by atoms with Crippen molar-refractivity contribution in [1.29, 1.82) is 0 Å². The largest absolute Gasteiger partial charge is 4.00 e. The Labute approximate surface area is 529 Å². The monoisotopic (exact) mass is 1250 g/mol. The molecule has 2 aliphatic heterocycles. The molecule has 89 heavy (non-hydrogen) atoms. The van der Waals surface area contributed by atoms with E-state index in [4.69, 9.17) is 61.8 Å². The molecule has 20 nitrogen and oxygen atoms in total. The van der Waals surface area contributed by atoms with Crippen molar-refractivity contribution < 1.29 is 73.5 Å². The SMILES string of the molecule is CC1=C(CCC(=O)OCc2cc[n+](CCCN)cc2)c2cc3[n-]c(cc4nc(cc5[n-]c(cc1n2)c(C)c5C(=O)OCc1cc[n+](CCCN)cc1)C(C)=C4C(=O)OCc1cc[n+](CCCN)cc1)c(C)c3CCC(=O)OCc1cc[n+](CCCN)cc1.[Fe+4]. The van der Waals surface area contributed by atoms with Gasteiger partial charge in [0, 0.05) is 115 Å². The summed E-state index contributed by atoms with van der Waals surface area (Å²) >= 11 is 0. The van der Waals surface area contributed by atoms with Gasteiger partial charge >= 0.3 is 40.9 Å². The zero-order valence-corrected chi connectivity index (χ0v) is 52.3. The van der Waals surface area contributed by atoms with Crippen molar-refractivity contribution in [3.05, 3.63) is 190 Å². The third-order valence-electron chi connectivity index (χ3n) is 15.8. The fraction of sp³-hybridized carbons (Fsp3) is 0.353. The molecule has 8 bridgehead atoms. The molecular weight excluding hydrogens is 1170 g/mol. The van der Waals surface area contributed by atoms with E-state index in [1.54, 1.807) is 19.1 Å². The topological polar surface area (TPSA) is 279 Å². The third kappa shape index (κ3) is 17.4. The Morgan fingerprint density at radius 1 is 0.438 bits per heavy atom. The van der Waals surface area contributed by atoms with Crippen molar-refractivity contribution in [2.45, 2.75) is 132 Å². The second-order valence-corrected chi connectivity index (χ2v) is 22.1. The second-order valence-electron chi connectivity index (χ2n) is 22.1. The molecule has 0 aromatic carbocycles. The van der Waals surface area contributed by atoms with Crippen LogP contribution >= 0.6 is 0 Å². The molecule has 0 saturated heterocycles. The molecule has 462 valence electrons. The number of aromatic nitrogens is 8. The summed E-state index contributed by atoms with van der Waals surface area (Å²) in [5.74, 6) is -2.02. The molecule has 7 aromatic rings. The Hall–Kier alpha value is -8.56. The molecule has 21 heteroatoms. The molecule has 0 saturated carbocycles. The summed E-state index contributed by atoms with van der Waals surface area (Å²) in [7, 11) is 0. The smallest absolute Gasteiger partial charge is 0.657 e. The van der Waals surface area contributed by atoms with E-state index in [-0.39, 0.29) is 91.5 Å². The number of hydrogen-bond donors (Lipinski definition) is 4. The van der Waals surface area contributed by atoms with Gasteiger partial charge in [-0.1, -0.05) is 34.9 Å². The van der Waals surface area contributed by atoms with Crippen molar-refractivity contribution in [2.24, 2.45) is 22.9 Å². The number of nitrogens with two attached hydrogens (primary N) is 4. The number of hydrogen-bond acceptors (Lipinski definition) is 14. The van der Waals surface area contributed by atoms with Crippen LogP contribution in [0.4, 0.5) is 0 Å². The van der Waals surface area contributed by atoms with E-state index in [2.05, 4.69) is 0 Å². The average molecular weight is 1250 g/mol. The quantitative estimate of drug-likeness (QED) is 0.0192. The van der Waals surface area contributed by atoms with Crippen LogP contribution in [0.15, 0.2) is 122 Å². The predicted molar refractivity (Wildman–Crippen MR) is 331 cm³/mol. The first-order valence-corrected chi connectivity index (χ1v) is 30.2. The maximum Gasteiger partial charge on any atom is 4.00 e. The van der Waals surface area contributed by atoms with Gasteiger partial charge in [-0.3, -0.25) is 9.59 Å². The van der Waals surface area contributed by atoms with Gasteiger partial charge in [-0.15, -0.1) is 22.1 Å². The molecule has 0 spiro atoms. The van der Waals surface area contributed by atoms with Gasteiger partial charge in [0.2, 0.25) is 0 Å². The number of aryl methyl sites for hydroxylation is 7. The van der Waals surface area contributed by atoms with Crippen molar-refractivity contribution in [3.8, 4) is 0 Å². The van der Waals surface area contributed by atoms with Crippen molar-refractivity contribution >= 4 is 68.2 Å². The van der Waals surface area contributed by atoms with Crippen molar-refractivity contribution in [3.63, 3.8) is 0 Å². The molecule has 9 heterocycles. The first-order valence-electron chi connectivity index (χ1n) is 30.2. The van der Waals surface area contributed by atoms with Crippen molar-refractivity contribution in [1.82, 2.24) is 19.9 Å². The second kappa shape index (κ2) is 32.1. The molecule has 0 unspecified atom stereocenters. The molecule has 7 aromatic heterocycles. The van der Waals surface area contributed by atoms with Gasteiger partial charge in [0.1, 0.15) is 52.6 Å². The van der Waals surface area contributed by atoms with Gasteiger partial charge in [0.15, 0.2) is 49.6 Å². The summed E-state index contributed by atoms with van der Waals surface area (Å²) in [6.07, 6.45) is 19.4. The first kappa shape index (κ1) is 66.4. The van der Waals surface area contributed by atoms with Crippen LogP contribution in [0, 0.1) is 13.8 Å². The fourth-order valence-corrected chi connectivity index (χ4v) is 10.5. The molecule has 0 amide bonds. The number of fused-ring (bicyclic) bond motifs is 8. The van der Waals surface area contributed by atoms with Crippen molar-refractivity contribution in [2.75, 3.05) is 26.2 Å². The summed E-state index contributed by atoms with van der Waals surface area (Å²) in [6.45, 7) is 13.0. The first-order chi connectivity index (χ1) is 42.7. The molecule has 0 atom stereocenters. The summed E-state index contributed by atoms with van der Waals surface area (Å²) in [6, 6.07) is 22.4. The predicted octanol–water partition coefficient (Wildman–Crippen LogP) is 5.89. The Balaban J connectivity index is 0.0000102. The number of carbonyl (C=O) groups excluding carboxylic acids is 4. The molecule has 0 fully saturated rings. The van der Waals surface area contributed by atoms with E-state index in [0.717, 1.165) is 96.4 Å². The van der Waals surface area contributed by atoms with Crippen LogP contribution in [0.2, 0.25) is 0 Å². The standard InChI is InChI=1S/C68H80N12O8.Fe/c1-45-53(9-11-63(81)85-41-49-13-29-77(30-14-49)25-5-21-69)59-40-60-54(10-12-64(82)86-42-50-15-31-78(32-16-50)26-6-22-70)46(2)56(74-60)38-61-66(68(84)88-44-52-19-35-80(36-20-52)28-8-24-72)48(4)58(76-61)39-62-65(47(3)57(75-62)37-55(45)73-59)67(83)87-43-51-17-33-79(34-18-51)27-7-23-71;/h13-20,29-40H,5-12,21-28,41-44,69-72H2,1-4H3;/q+2;+4. The summed E-state index contributed by atoms with van der Waals surface area (Å²) in [5, 5.41) is 0. The number of rotatable bonds is 28. The number of carbonyl (C=O) groups is 4. The van der Waals surface area contributed by atoms with E-state index in [9.17, 15) is 19.2 Å². The van der Waals surface area contributed by atoms with Gasteiger partial charge in [-0.2, -0.15) is 0 Å². The Kier molecular flexibility index (Phi) is 23.9. The molecule has 2 aliphatic rings. The van der Waals surface area contributed by atoms with Crippen LogP contribution in [-0.2, 0) is 109 Å². The number of nitrogens with zero attached hydrogens (tertiary/aromatic N) is 8. The fourth-order valence-electron chi connectivity index (χ4n) is 10.5. The van der Waals surface area contributed by atoms with E-state index < -0.39 is 23.9 Å². The maximum absolute atomic E-state index is 14.6. The average Bonchev–Trinajstić information content (AvgIpc) is 2.16. The normalized spacial score (nSPS) is 12.0. The minimum atomic E-state index is -0.619. The minimum absolute atomic E-state index is 0. The Bertz CT molecular complexity index is 3880. The van der Waals surface area contributed by atoms with Gasteiger partial charge in [0.25, 0.3) is 0 Å². The number of ether oxygens (including phenoxy) is 4. The van der Waals surface area contributed by atoms with Crippen LogP contribution < -0.4 is 51.2 Å². The zero-order chi connectivity index (χ0) is 62.1. The van der Waals surface area contributed by atoms with Crippen LogP contribution in [-0.4, -0.2) is 60.0 Å². The zero-order valence-electron chi connectivity index (χ0n) is 51.2. The van der Waals surface area contributed by atoms with E-state index >= 15 is 0 Å². The number of pyridine rings is 4. The van der Waals surface area contributed by atoms with Gasteiger partial charge in [-0.25, -0.2) is 37.8 Å². The molecule has 9 rings (SSSR count). The van der Waals surface area contributed by atoms with E-state index in [0.29, 0.717) is 70.9 Å². The molecule has 0 radical (unpaired) electrons. The van der Waals surface area contributed by atoms with Crippen LogP contribution in [0.25, 0.3) is 44.4 Å². The third-order valence-corrected chi connectivity index (χ3v) is 15.8. The van der Waals surface area contributed by atoms with Crippen LogP contribution in [0.3, 0.4) is 0 Å². The van der Waals surface area contributed by atoms with Gasteiger partial charge in [-0.05, 0) is 89.5 Å². The van der Waals surface area contributed by atoms with E-state index in [1.807, 2.05) is 149 Å². The summed E-state index contributed by atoms with van der Waals surface area (Å²) in [4.78, 5) is 77.1. The van der Waals surface area contributed by atoms with Gasteiger partial charge < -0.3 is 51.9 Å². The Morgan fingerprint density at radius 2 is 0.809 bits per heavy atom. The molecule has 8 N–H and O–H groups in total. The number of allylic oxidation sites excluding steroid dienone is 3.